The average Bonchev–Trinajstić information content (AvgIpc) is 2.52. The maximum absolute atomic E-state index is 12.2. The first-order valence-electron chi connectivity index (χ1n) is 7.77. The molecule has 0 aliphatic rings. The molecule has 1 aromatic carbocycles. The highest BCUT2D eigenvalue weighted by Gasteiger charge is 2.21. The van der Waals surface area contributed by atoms with Crippen LogP contribution in [0.5, 0.6) is 5.75 Å². The van der Waals surface area contributed by atoms with Gasteiger partial charge in [0.1, 0.15) is 11.3 Å². The summed E-state index contributed by atoms with van der Waals surface area (Å²) in [7, 11) is 0. The molecule has 0 amide bonds. The zero-order valence-electron chi connectivity index (χ0n) is 13.7. The van der Waals surface area contributed by atoms with E-state index in [1.807, 2.05) is 25.1 Å². The van der Waals surface area contributed by atoms with E-state index in [-0.39, 0.29) is 0 Å². The first-order valence-corrected chi connectivity index (χ1v) is 7.77. The number of aliphatic hydroxyl groups excluding tert-OH is 1. The molecule has 0 radical (unpaired) electrons. The third-order valence-electron chi connectivity index (χ3n) is 3.28. The number of rotatable bonds is 7. The Morgan fingerprint density at radius 2 is 2.13 bits per heavy atom. The van der Waals surface area contributed by atoms with Gasteiger partial charge in [0, 0.05) is 12.6 Å². The van der Waals surface area contributed by atoms with Crippen molar-refractivity contribution >= 4 is 22.6 Å². The molecule has 1 heterocycles. The van der Waals surface area contributed by atoms with Crippen LogP contribution in [0.3, 0.4) is 0 Å². The summed E-state index contributed by atoms with van der Waals surface area (Å²) in [5, 5.41) is 13.5. The number of ether oxygens (including phenoxy) is 2. The van der Waals surface area contributed by atoms with Gasteiger partial charge in [-0.1, -0.05) is 0 Å². The van der Waals surface area contributed by atoms with E-state index in [1.54, 1.807) is 20.0 Å². The Kier molecular flexibility index (Phi) is 5.76. The highest BCUT2D eigenvalue weighted by atomic mass is 16.5. The summed E-state index contributed by atoms with van der Waals surface area (Å²) in [5.74, 6) is 0.301. The van der Waals surface area contributed by atoms with Gasteiger partial charge in [-0.15, -0.1) is 0 Å². The molecule has 1 aromatic heterocycles. The third kappa shape index (κ3) is 4.10. The Hall–Kier alpha value is -2.34. The molecule has 124 valence electrons. The van der Waals surface area contributed by atoms with E-state index in [2.05, 4.69) is 10.3 Å². The number of carbonyl (C=O) groups is 1. The molecule has 0 aliphatic heterocycles. The van der Waals surface area contributed by atoms with Crippen LogP contribution in [0.15, 0.2) is 24.4 Å². The number of aliphatic hydroxyl groups is 1. The van der Waals surface area contributed by atoms with Crippen molar-refractivity contribution in [2.75, 3.05) is 25.1 Å². The van der Waals surface area contributed by atoms with E-state index in [0.29, 0.717) is 31.0 Å². The second kappa shape index (κ2) is 7.78. The van der Waals surface area contributed by atoms with Gasteiger partial charge in [0.25, 0.3) is 0 Å². The van der Waals surface area contributed by atoms with Crippen molar-refractivity contribution in [3.05, 3.63) is 30.0 Å². The Balaban J connectivity index is 2.55. The highest BCUT2D eigenvalue weighted by Crippen LogP contribution is 2.28. The van der Waals surface area contributed by atoms with Gasteiger partial charge >= 0.3 is 5.97 Å². The number of pyridine rings is 1. The maximum atomic E-state index is 12.2. The molecular weight excluding hydrogens is 296 g/mol. The molecule has 0 fully saturated rings. The quantitative estimate of drug-likeness (QED) is 0.763. The van der Waals surface area contributed by atoms with E-state index in [0.717, 1.165) is 16.7 Å². The van der Waals surface area contributed by atoms with Crippen LogP contribution in [0.2, 0.25) is 0 Å². The van der Waals surface area contributed by atoms with Gasteiger partial charge in [-0.3, -0.25) is 0 Å². The topological polar surface area (TPSA) is 81.9 Å². The van der Waals surface area contributed by atoms with Gasteiger partial charge in [-0.05, 0) is 32.9 Å². The van der Waals surface area contributed by atoms with Crippen molar-refractivity contribution in [2.45, 2.75) is 26.9 Å². The Bertz CT molecular complexity index is 686. The number of hydrogen-bond acceptors (Lipinski definition) is 5. The fourth-order valence-corrected chi connectivity index (χ4v) is 2.29. The lowest BCUT2D eigenvalue weighted by Gasteiger charge is -2.13. The van der Waals surface area contributed by atoms with Crippen molar-refractivity contribution in [2.24, 2.45) is 0 Å². The van der Waals surface area contributed by atoms with E-state index in [1.165, 1.54) is 0 Å². The van der Waals surface area contributed by atoms with Crippen LogP contribution in [-0.2, 0) is 4.74 Å². The summed E-state index contributed by atoms with van der Waals surface area (Å²) < 4.78 is 10.6. The molecule has 6 nitrogen and oxygen atoms in total. The molecule has 3 N–H and O–H groups in total. The average molecular weight is 319 g/mol. The minimum Gasteiger partial charge on any atom is -0.494 e. The van der Waals surface area contributed by atoms with Crippen molar-refractivity contribution in [1.82, 2.24) is 0 Å². The fourth-order valence-electron chi connectivity index (χ4n) is 2.29. The number of esters is 1. The van der Waals surface area contributed by atoms with Gasteiger partial charge < -0.3 is 19.9 Å². The van der Waals surface area contributed by atoms with Gasteiger partial charge in [-0.2, -0.15) is 0 Å². The van der Waals surface area contributed by atoms with Crippen molar-refractivity contribution < 1.29 is 24.4 Å². The molecular formula is C17H23N2O4+. The Morgan fingerprint density at radius 3 is 2.78 bits per heavy atom. The van der Waals surface area contributed by atoms with Crippen LogP contribution < -0.4 is 15.0 Å². The molecule has 0 bridgehead atoms. The van der Waals surface area contributed by atoms with Crippen molar-refractivity contribution in [3.8, 4) is 5.75 Å². The predicted molar refractivity (Wildman–Crippen MR) is 87.8 cm³/mol. The van der Waals surface area contributed by atoms with Crippen LogP contribution in [0, 0.1) is 0 Å². The molecule has 0 spiro atoms. The summed E-state index contributed by atoms with van der Waals surface area (Å²) >= 11 is 0. The number of aromatic nitrogens is 1. The molecule has 1 atom stereocenters. The molecule has 0 saturated carbocycles. The molecule has 23 heavy (non-hydrogen) atoms. The third-order valence-corrected chi connectivity index (χ3v) is 3.28. The van der Waals surface area contributed by atoms with Crippen LogP contribution in [0.1, 0.15) is 31.1 Å². The second-order valence-electron chi connectivity index (χ2n) is 5.17. The Morgan fingerprint density at radius 1 is 1.35 bits per heavy atom. The summed E-state index contributed by atoms with van der Waals surface area (Å²) in [6.07, 6.45) is 1.07. The first kappa shape index (κ1) is 17.0. The largest absolute Gasteiger partial charge is 0.494 e. The molecule has 0 saturated heterocycles. The summed E-state index contributed by atoms with van der Waals surface area (Å²) in [5.41, 5.74) is 1.88. The van der Waals surface area contributed by atoms with Gasteiger partial charge in [-0.25, -0.2) is 9.78 Å². The van der Waals surface area contributed by atoms with Crippen LogP contribution in [0.4, 0.5) is 5.69 Å². The zero-order chi connectivity index (χ0) is 16.8. The predicted octanol–water partition coefficient (Wildman–Crippen LogP) is 2.02. The number of hydrogen-bond donors (Lipinski definition) is 2. The SMILES string of the molecule is CCOC(=O)c1c[nH+]c2ccc(OCC)cc2c1NC[C@H](C)O. The Labute approximate surface area is 135 Å². The fraction of sp³-hybridized carbons (Fsp3) is 0.412. The number of benzene rings is 1. The lowest BCUT2D eigenvalue weighted by atomic mass is 10.1. The molecule has 6 heteroatoms. The molecule has 0 unspecified atom stereocenters. The van der Waals surface area contributed by atoms with E-state index in [4.69, 9.17) is 9.47 Å². The van der Waals surface area contributed by atoms with Crippen molar-refractivity contribution in [3.63, 3.8) is 0 Å². The second-order valence-corrected chi connectivity index (χ2v) is 5.17. The number of aromatic amines is 1. The number of nitrogens with one attached hydrogen (secondary N) is 2. The van der Waals surface area contributed by atoms with Gasteiger partial charge in [0.15, 0.2) is 6.20 Å². The lowest BCUT2D eigenvalue weighted by molar-refractivity contribution is -0.344. The van der Waals surface area contributed by atoms with E-state index in [9.17, 15) is 9.90 Å². The number of anilines is 1. The first-order chi connectivity index (χ1) is 11.1. The smallest absolute Gasteiger partial charge is 0.346 e. The highest BCUT2D eigenvalue weighted by molar-refractivity contribution is 6.04. The summed E-state index contributed by atoms with van der Waals surface area (Å²) in [4.78, 5) is 15.3. The van der Waals surface area contributed by atoms with Crippen LogP contribution in [-0.4, -0.2) is 36.9 Å². The molecule has 0 aliphatic carbocycles. The normalized spacial score (nSPS) is 12.0. The maximum Gasteiger partial charge on any atom is 0.346 e. The van der Waals surface area contributed by atoms with E-state index < -0.39 is 12.1 Å². The monoisotopic (exact) mass is 319 g/mol. The standard InChI is InChI=1S/C17H22N2O4/c1-4-22-12-6-7-15-13(8-12)16(19-9-11(3)20)14(10-18-15)17(21)23-5-2/h6-8,10-11,20H,4-5,9H2,1-3H3,(H,18,19)/p+1/t11-/m0/s1. The number of H-pyrrole nitrogens is 1. The lowest BCUT2D eigenvalue weighted by Crippen LogP contribution is -2.20. The number of fused-ring (bicyclic) bond motifs is 1. The van der Waals surface area contributed by atoms with Gasteiger partial charge in [0.05, 0.1) is 30.4 Å². The molecule has 2 rings (SSSR count). The minimum atomic E-state index is -0.542. The summed E-state index contributed by atoms with van der Waals surface area (Å²) in [6, 6.07) is 5.62. The summed E-state index contributed by atoms with van der Waals surface area (Å²) in [6.45, 7) is 6.54. The molecule has 2 aromatic rings. The van der Waals surface area contributed by atoms with E-state index >= 15 is 0 Å². The number of carbonyl (C=O) groups excluding carboxylic acids is 1. The zero-order valence-corrected chi connectivity index (χ0v) is 13.7. The minimum absolute atomic E-state index is 0.297. The van der Waals surface area contributed by atoms with Crippen LogP contribution in [0.25, 0.3) is 10.9 Å². The van der Waals surface area contributed by atoms with Crippen molar-refractivity contribution in [1.29, 1.82) is 0 Å². The van der Waals surface area contributed by atoms with Gasteiger partial charge in [0.2, 0.25) is 5.52 Å². The van der Waals surface area contributed by atoms with Crippen LogP contribution >= 0.6 is 0 Å².